The summed E-state index contributed by atoms with van der Waals surface area (Å²) in [5.41, 5.74) is 0. The number of carbonyl (C=O) groups excluding carboxylic acids is 2. The van der Waals surface area contributed by atoms with E-state index in [-0.39, 0.29) is 24.8 Å². The number of hydrogen-bond donors (Lipinski definition) is 0. The number of likely N-dealkylation sites (N-methyl/N-ethyl adjacent to an activating group) is 2. The molecule has 0 spiro atoms. The maximum atomic E-state index is 12.0. The fraction of sp³-hybridized carbons (Fsp3) is 0.700. The van der Waals surface area contributed by atoms with Crippen LogP contribution in [-0.4, -0.2) is 60.4 Å². The summed E-state index contributed by atoms with van der Waals surface area (Å²) in [6.07, 6.45) is 4.19. The lowest BCUT2D eigenvalue weighted by molar-refractivity contribution is -0.156. The maximum Gasteiger partial charge on any atom is 0.307 e. The van der Waals surface area contributed by atoms with Crippen molar-refractivity contribution >= 4 is 11.9 Å². The molecule has 150 valence electrons. The molecule has 0 N–H and O–H groups in total. The molecule has 0 aromatic heterocycles. The van der Waals surface area contributed by atoms with Gasteiger partial charge in [0.15, 0.2) is 12.5 Å². The van der Waals surface area contributed by atoms with Gasteiger partial charge in [0, 0.05) is 12.8 Å². The molecule has 0 aliphatic rings. The van der Waals surface area contributed by atoms with E-state index < -0.39 is 12.5 Å². The topological polar surface area (TPSA) is 59.1 Å². The van der Waals surface area contributed by atoms with Gasteiger partial charge in [-0.15, -0.1) is 0 Å². The zero-order valence-electron chi connectivity index (χ0n) is 16.9. The number of hydrogen-bond acceptors (Lipinski definition) is 6. The fourth-order valence-corrected chi connectivity index (χ4v) is 2.64. The van der Waals surface area contributed by atoms with Gasteiger partial charge in [0.1, 0.15) is 0 Å². The van der Waals surface area contributed by atoms with E-state index >= 15 is 0 Å². The number of unbranched alkanes of at least 4 members (excludes halogenated alkanes) is 1. The summed E-state index contributed by atoms with van der Waals surface area (Å²) in [6, 6.07) is 0. The van der Waals surface area contributed by atoms with Crippen molar-refractivity contribution in [2.45, 2.75) is 65.8 Å². The van der Waals surface area contributed by atoms with Gasteiger partial charge >= 0.3 is 11.9 Å². The van der Waals surface area contributed by atoms with Gasteiger partial charge in [0.05, 0.1) is 0 Å². The van der Waals surface area contributed by atoms with Crippen LogP contribution in [0.4, 0.5) is 0 Å². The summed E-state index contributed by atoms with van der Waals surface area (Å²) < 4.78 is 10.9. The molecule has 0 amide bonds. The summed E-state index contributed by atoms with van der Waals surface area (Å²) in [6.45, 7) is 18.6. The summed E-state index contributed by atoms with van der Waals surface area (Å²) in [5.74, 6) is -0.551. The third kappa shape index (κ3) is 9.15. The number of carbonyl (C=O) groups is 2. The van der Waals surface area contributed by atoms with Crippen LogP contribution in [-0.2, 0) is 19.1 Å². The first kappa shape index (κ1) is 24.3. The van der Waals surface area contributed by atoms with Gasteiger partial charge in [0.2, 0.25) is 0 Å². The predicted molar refractivity (Wildman–Crippen MR) is 104 cm³/mol. The SMILES string of the molecule is C=CC(OC(=O)CCCCC(=O)OC(C=C)N(CC)CC)N(CC)CC. The lowest BCUT2D eigenvalue weighted by Crippen LogP contribution is -2.37. The molecule has 0 saturated heterocycles. The van der Waals surface area contributed by atoms with E-state index in [4.69, 9.17) is 9.47 Å². The minimum absolute atomic E-state index is 0.276. The molecule has 0 fully saturated rings. The highest BCUT2D eigenvalue weighted by atomic mass is 16.6. The van der Waals surface area contributed by atoms with Crippen LogP contribution < -0.4 is 0 Å². The van der Waals surface area contributed by atoms with Gasteiger partial charge < -0.3 is 9.47 Å². The van der Waals surface area contributed by atoms with E-state index in [1.807, 2.05) is 37.5 Å². The van der Waals surface area contributed by atoms with Gasteiger partial charge in [-0.3, -0.25) is 19.4 Å². The lowest BCUT2D eigenvalue weighted by atomic mass is 10.2. The Kier molecular flexibility index (Phi) is 13.6. The first-order valence-corrected chi connectivity index (χ1v) is 9.59. The van der Waals surface area contributed by atoms with Gasteiger partial charge in [-0.1, -0.05) is 40.9 Å². The van der Waals surface area contributed by atoms with Crippen molar-refractivity contribution < 1.29 is 19.1 Å². The molecule has 0 aliphatic heterocycles. The second-order valence-corrected chi connectivity index (χ2v) is 5.88. The van der Waals surface area contributed by atoms with E-state index in [1.165, 1.54) is 0 Å². The summed E-state index contributed by atoms with van der Waals surface area (Å²) in [4.78, 5) is 27.9. The molecule has 26 heavy (non-hydrogen) atoms. The Morgan fingerprint density at radius 2 is 1.08 bits per heavy atom. The third-order valence-corrected chi connectivity index (χ3v) is 4.26. The van der Waals surface area contributed by atoms with Gasteiger partial charge in [-0.05, 0) is 51.2 Å². The second-order valence-electron chi connectivity index (χ2n) is 5.88. The van der Waals surface area contributed by atoms with Crippen LogP contribution in [0.15, 0.2) is 25.3 Å². The van der Waals surface area contributed by atoms with E-state index in [2.05, 4.69) is 13.2 Å². The van der Waals surface area contributed by atoms with Crippen molar-refractivity contribution in [1.82, 2.24) is 9.80 Å². The minimum atomic E-state index is -0.398. The van der Waals surface area contributed by atoms with E-state index in [0.717, 1.165) is 26.2 Å². The maximum absolute atomic E-state index is 12.0. The summed E-state index contributed by atoms with van der Waals surface area (Å²) in [5, 5.41) is 0. The molecular weight excluding hydrogens is 332 g/mol. The first-order chi connectivity index (χ1) is 12.5. The van der Waals surface area contributed by atoms with Crippen molar-refractivity contribution in [3.05, 3.63) is 25.3 Å². The Hall–Kier alpha value is -1.66. The van der Waals surface area contributed by atoms with Crippen LogP contribution in [0.1, 0.15) is 53.4 Å². The molecule has 0 bridgehead atoms. The Morgan fingerprint density at radius 3 is 1.31 bits per heavy atom. The van der Waals surface area contributed by atoms with Crippen molar-refractivity contribution in [2.75, 3.05) is 26.2 Å². The average Bonchev–Trinajstić information content (AvgIpc) is 2.65. The highest BCUT2D eigenvalue weighted by Crippen LogP contribution is 2.10. The second kappa shape index (κ2) is 14.5. The predicted octanol–water partition coefficient (Wildman–Crippen LogP) is 3.34. The molecular formula is C20H36N2O4. The van der Waals surface area contributed by atoms with Crippen molar-refractivity contribution in [3.63, 3.8) is 0 Å². The quantitative estimate of drug-likeness (QED) is 0.191. The molecule has 2 atom stereocenters. The largest absolute Gasteiger partial charge is 0.443 e. The summed E-state index contributed by atoms with van der Waals surface area (Å²) >= 11 is 0. The molecule has 0 saturated carbocycles. The van der Waals surface area contributed by atoms with Crippen LogP contribution in [0.25, 0.3) is 0 Å². The van der Waals surface area contributed by atoms with E-state index in [0.29, 0.717) is 12.8 Å². The monoisotopic (exact) mass is 368 g/mol. The van der Waals surface area contributed by atoms with Gasteiger partial charge in [0.25, 0.3) is 0 Å². The van der Waals surface area contributed by atoms with Crippen molar-refractivity contribution in [2.24, 2.45) is 0 Å². The zero-order chi connectivity index (χ0) is 19.9. The molecule has 0 heterocycles. The lowest BCUT2D eigenvalue weighted by Gasteiger charge is -2.26. The molecule has 0 aromatic rings. The molecule has 0 aliphatic carbocycles. The smallest absolute Gasteiger partial charge is 0.307 e. The molecule has 0 aromatic carbocycles. The zero-order valence-corrected chi connectivity index (χ0v) is 16.9. The number of esters is 2. The highest BCUT2D eigenvalue weighted by Gasteiger charge is 2.18. The van der Waals surface area contributed by atoms with Gasteiger partial charge in [-0.25, -0.2) is 0 Å². The van der Waals surface area contributed by atoms with Crippen LogP contribution >= 0.6 is 0 Å². The number of ether oxygens (including phenoxy) is 2. The summed E-state index contributed by atoms with van der Waals surface area (Å²) in [7, 11) is 0. The Bertz CT molecular complexity index is 392. The molecule has 0 radical (unpaired) electrons. The van der Waals surface area contributed by atoms with Crippen molar-refractivity contribution in [1.29, 1.82) is 0 Å². The molecule has 6 heteroatoms. The number of nitrogens with zero attached hydrogens (tertiary/aromatic N) is 2. The van der Waals surface area contributed by atoms with Crippen LogP contribution in [0.2, 0.25) is 0 Å². The Balaban J connectivity index is 4.17. The molecule has 0 rings (SSSR count). The highest BCUT2D eigenvalue weighted by molar-refractivity contribution is 5.71. The molecule has 2 unspecified atom stereocenters. The standard InChI is InChI=1S/C20H36N2O4/c1-7-17(21(9-3)10-4)25-19(23)15-13-14-16-20(24)26-18(8-2)22(11-5)12-6/h7-8,17-18H,1-2,9-16H2,3-6H3. The van der Waals surface area contributed by atoms with Crippen LogP contribution in [0.5, 0.6) is 0 Å². The van der Waals surface area contributed by atoms with E-state index in [1.54, 1.807) is 12.2 Å². The fourth-order valence-electron chi connectivity index (χ4n) is 2.64. The minimum Gasteiger partial charge on any atom is -0.443 e. The normalized spacial score (nSPS) is 13.3. The number of rotatable bonds is 15. The van der Waals surface area contributed by atoms with Gasteiger partial charge in [-0.2, -0.15) is 0 Å². The van der Waals surface area contributed by atoms with Crippen molar-refractivity contribution in [3.8, 4) is 0 Å². The Labute approximate surface area is 158 Å². The van der Waals surface area contributed by atoms with Crippen LogP contribution in [0, 0.1) is 0 Å². The van der Waals surface area contributed by atoms with Crippen LogP contribution in [0.3, 0.4) is 0 Å². The average molecular weight is 369 g/mol. The van der Waals surface area contributed by atoms with E-state index in [9.17, 15) is 9.59 Å². The Morgan fingerprint density at radius 1 is 0.769 bits per heavy atom. The first-order valence-electron chi connectivity index (χ1n) is 9.59. The molecule has 6 nitrogen and oxygen atoms in total. The third-order valence-electron chi connectivity index (χ3n) is 4.26.